The lowest BCUT2D eigenvalue weighted by Gasteiger charge is -2.29. The Labute approximate surface area is 170 Å². The van der Waals surface area contributed by atoms with Crippen molar-refractivity contribution in [3.63, 3.8) is 0 Å². The molecule has 7 heteroatoms. The molecular weight excluding hydrogens is 399 g/mol. The zero-order valence-electron chi connectivity index (χ0n) is 16.1. The van der Waals surface area contributed by atoms with Crippen LogP contribution in [0, 0.1) is 5.41 Å². The molecule has 1 aromatic heterocycles. The van der Waals surface area contributed by atoms with Crippen molar-refractivity contribution in [1.29, 1.82) is 0 Å². The van der Waals surface area contributed by atoms with Gasteiger partial charge in [0.25, 0.3) is 5.66 Å². The summed E-state index contributed by atoms with van der Waals surface area (Å²) in [4.78, 5) is 14.1. The zero-order valence-corrected chi connectivity index (χ0v) is 18.1. The highest BCUT2D eigenvalue weighted by Crippen LogP contribution is 2.45. The molecule has 152 valence electrons. The van der Waals surface area contributed by atoms with E-state index in [-0.39, 0.29) is 18.4 Å². The molecule has 0 amide bonds. The number of nitrogens with one attached hydrogen (secondary N) is 1. The number of carbonyl (C=O) groups is 1. The molecule has 0 fully saturated rings. The van der Waals surface area contributed by atoms with Gasteiger partial charge in [0, 0.05) is 29.3 Å². The molecule has 0 spiro atoms. The number of hydrogen-bond acceptors (Lipinski definition) is 3. The first-order valence-electron chi connectivity index (χ1n) is 9.41. The first kappa shape index (κ1) is 21.4. The summed E-state index contributed by atoms with van der Waals surface area (Å²) in [5, 5.41) is 13.0. The molecule has 1 unspecified atom stereocenters. The van der Waals surface area contributed by atoms with Crippen LogP contribution in [0.4, 0.5) is 8.78 Å². The molecule has 0 saturated carbocycles. The quantitative estimate of drug-likeness (QED) is 0.450. The standard InChI is InChI=1S/C21H26F2NO2PS/c1-20(2)8-7-16-15(11-20)17(19(25)26)18(28-16)14-6-4-3-5-13(14)12-24-10-9-21(22,23)27/h3-6,24H,7-12,27H2,1-2H3,(H,25,26). The summed E-state index contributed by atoms with van der Waals surface area (Å²) < 4.78 is 26.0. The Bertz CT molecular complexity index is 874. The van der Waals surface area contributed by atoms with Crippen LogP contribution in [0.5, 0.6) is 0 Å². The van der Waals surface area contributed by atoms with Gasteiger partial charge >= 0.3 is 5.97 Å². The van der Waals surface area contributed by atoms with Gasteiger partial charge in [0.2, 0.25) is 0 Å². The summed E-state index contributed by atoms with van der Waals surface area (Å²) in [6.07, 6.45) is 2.45. The predicted octanol–water partition coefficient (Wildman–Crippen LogP) is 5.58. The number of halogens is 2. The van der Waals surface area contributed by atoms with Crippen LogP contribution in [-0.4, -0.2) is 23.3 Å². The first-order chi connectivity index (χ1) is 13.1. The zero-order chi connectivity index (χ0) is 20.5. The number of carboxylic acid groups (broad SMARTS) is 1. The summed E-state index contributed by atoms with van der Waals surface area (Å²) in [6, 6.07) is 7.64. The third kappa shape index (κ3) is 4.97. The molecule has 0 saturated heterocycles. The van der Waals surface area contributed by atoms with Crippen LogP contribution < -0.4 is 5.32 Å². The van der Waals surface area contributed by atoms with Crippen LogP contribution in [-0.2, 0) is 19.4 Å². The molecule has 1 atom stereocenters. The minimum atomic E-state index is -2.78. The number of fused-ring (bicyclic) bond motifs is 1. The topological polar surface area (TPSA) is 49.3 Å². The largest absolute Gasteiger partial charge is 0.478 e. The molecule has 1 aliphatic rings. The van der Waals surface area contributed by atoms with Gasteiger partial charge in [-0.2, -0.15) is 0 Å². The van der Waals surface area contributed by atoms with Crippen molar-refractivity contribution in [3.05, 3.63) is 45.8 Å². The molecular formula is C21H26F2NO2PS. The highest BCUT2D eigenvalue weighted by molar-refractivity contribution is 7.18. The summed E-state index contributed by atoms with van der Waals surface area (Å²) in [5.41, 5.74) is 0.505. The Morgan fingerprint density at radius 2 is 2.07 bits per heavy atom. The summed E-state index contributed by atoms with van der Waals surface area (Å²) in [7, 11) is 1.55. The third-order valence-corrected chi connectivity index (χ3v) is 6.82. The molecule has 0 aliphatic heterocycles. The van der Waals surface area contributed by atoms with Gasteiger partial charge in [-0.3, -0.25) is 0 Å². The van der Waals surface area contributed by atoms with Gasteiger partial charge in [0.15, 0.2) is 0 Å². The first-order valence-corrected chi connectivity index (χ1v) is 10.8. The van der Waals surface area contributed by atoms with Gasteiger partial charge in [0.1, 0.15) is 0 Å². The van der Waals surface area contributed by atoms with Crippen LogP contribution in [0.2, 0.25) is 0 Å². The maximum absolute atomic E-state index is 13.0. The average Bonchev–Trinajstić information content (AvgIpc) is 2.95. The summed E-state index contributed by atoms with van der Waals surface area (Å²) in [5.74, 6) is -0.893. The molecule has 2 N–H and O–H groups in total. The highest BCUT2D eigenvalue weighted by Gasteiger charge is 2.33. The van der Waals surface area contributed by atoms with Crippen LogP contribution in [0.15, 0.2) is 24.3 Å². The van der Waals surface area contributed by atoms with Gasteiger partial charge in [-0.05, 0) is 41.4 Å². The molecule has 3 nitrogen and oxygen atoms in total. The van der Waals surface area contributed by atoms with Gasteiger partial charge in [-0.15, -0.1) is 11.3 Å². The SMILES string of the molecule is CC1(C)CCc2sc(-c3ccccc3CNCCC(F)(F)P)c(C(=O)O)c2C1. The Kier molecular flexibility index (Phi) is 6.23. The number of hydrogen-bond donors (Lipinski definition) is 2. The number of aromatic carboxylic acids is 1. The van der Waals surface area contributed by atoms with Gasteiger partial charge in [-0.25, -0.2) is 13.6 Å². The predicted molar refractivity (Wildman–Crippen MR) is 114 cm³/mol. The van der Waals surface area contributed by atoms with E-state index in [4.69, 9.17) is 0 Å². The molecule has 28 heavy (non-hydrogen) atoms. The van der Waals surface area contributed by atoms with E-state index in [9.17, 15) is 18.7 Å². The van der Waals surface area contributed by atoms with E-state index in [1.807, 2.05) is 24.3 Å². The van der Waals surface area contributed by atoms with Crippen LogP contribution in [0.1, 0.15) is 53.1 Å². The van der Waals surface area contributed by atoms with Crippen molar-refractivity contribution in [2.75, 3.05) is 6.54 Å². The van der Waals surface area contributed by atoms with Crippen LogP contribution in [0.25, 0.3) is 10.4 Å². The van der Waals surface area contributed by atoms with Crippen molar-refractivity contribution in [2.45, 2.75) is 51.7 Å². The lowest BCUT2D eigenvalue weighted by Crippen LogP contribution is -2.22. The van der Waals surface area contributed by atoms with E-state index >= 15 is 0 Å². The van der Waals surface area contributed by atoms with Crippen LogP contribution >= 0.6 is 20.6 Å². The average molecular weight is 425 g/mol. The maximum atomic E-state index is 13.0. The fourth-order valence-corrected chi connectivity index (χ4v) is 5.22. The van der Waals surface area contributed by atoms with E-state index in [0.717, 1.165) is 45.7 Å². The summed E-state index contributed by atoms with van der Waals surface area (Å²) >= 11 is 1.57. The molecule has 0 bridgehead atoms. The molecule has 1 heterocycles. The fraction of sp³-hybridized carbons (Fsp3) is 0.476. The van der Waals surface area contributed by atoms with E-state index < -0.39 is 11.6 Å². The van der Waals surface area contributed by atoms with Gasteiger partial charge < -0.3 is 10.4 Å². The van der Waals surface area contributed by atoms with Crippen molar-refractivity contribution < 1.29 is 18.7 Å². The van der Waals surface area contributed by atoms with Crippen LogP contribution in [0.3, 0.4) is 0 Å². The lowest BCUT2D eigenvalue weighted by molar-refractivity contribution is 0.0696. The second-order valence-corrected chi connectivity index (χ2v) is 10.1. The number of rotatable bonds is 7. The molecule has 2 aromatic rings. The smallest absolute Gasteiger partial charge is 0.337 e. The molecule has 1 aliphatic carbocycles. The number of thiophene rings is 1. The van der Waals surface area contributed by atoms with E-state index in [1.54, 1.807) is 20.6 Å². The number of carboxylic acids is 1. The second-order valence-electron chi connectivity index (χ2n) is 8.20. The minimum absolute atomic E-state index is 0.0972. The minimum Gasteiger partial charge on any atom is -0.478 e. The van der Waals surface area contributed by atoms with Gasteiger partial charge in [-0.1, -0.05) is 47.4 Å². The number of aryl methyl sites for hydroxylation is 1. The Morgan fingerprint density at radius 3 is 2.75 bits per heavy atom. The Hall–Kier alpha value is -1.36. The summed E-state index contributed by atoms with van der Waals surface area (Å²) in [6.45, 7) is 4.97. The van der Waals surface area contributed by atoms with E-state index in [0.29, 0.717) is 12.1 Å². The van der Waals surface area contributed by atoms with Gasteiger partial charge in [0.05, 0.1) is 5.56 Å². The molecule has 3 rings (SSSR count). The van der Waals surface area contributed by atoms with E-state index in [2.05, 4.69) is 19.2 Å². The Balaban J connectivity index is 1.92. The molecule has 0 radical (unpaired) electrons. The van der Waals surface area contributed by atoms with Crippen molar-refractivity contribution in [3.8, 4) is 10.4 Å². The van der Waals surface area contributed by atoms with Crippen molar-refractivity contribution in [2.24, 2.45) is 5.41 Å². The molecule has 1 aromatic carbocycles. The number of benzene rings is 1. The highest BCUT2D eigenvalue weighted by atomic mass is 32.1. The third-order valence-electron chi connectivity index (χ3n) is 5.20. The maximum Gasteiger partial charge on any atom is 0.337 e. The normalized spacial score (nSPS) is 16.0. The number of alkyl halides is 2. The fourth-order valence-electron chi connectivity index (χ4n) is 3.71. The second kappa shape index (κ2) is 8.17. The lowest BCUT2D eigenvalue weighted by atomic mass is 9.76. The monoisotopic (exact) mass is 425 g/mol. The Morgan fingerprint density at radius 1 is 1.36 bits per heavy atom. The van der Waals surface area contributed by atoms with Crippen molar-refractivity contribution in [1.82, 2.24) is 5.32 Å². The van der Waals surface area contributed by atoms with E-state index in [1.165, 1.54) is 0 Å². The van der Waals surface area contributed by atoms with Crippen molar-refractivity contribution >= 4 is 26.5 Å².